The van der Waals surface area contributed by atoms with Crippen molar-refractivity contribution in [1.29, 1.82) is 0 Å². The molecular formula is C38H81NO4S. The van der Waals surface area contributed by atoms with E-state index in [1.54, 1.807) is 0 Å². The molecule has 0 heterocycles. The second-order valence-electron chi connectivity index (χ2n) is 13.8. The Balaban J connectivity index is 0. The van der Waals surface area contributed by atoms with Crippen LogP contribution in [0, 0.1) is 0 Å². The van der Waals surface area contributed by atoms with Crippen LogP contribution < -0.4 is 5.73 Å². The first kappa shape index (κ1) is 46.0. The lowest BCUT2D eigenvalue weighted by molar-refractivity contribution is 0.310. The molecule has 0 spiro atoms. The summed E-state index contributed by atoms with van der Waals surface area (Å²) in [7, 11) is -3.29. The van der Waals surface area contributed by atoms with Crippen LogP contribution in [-0.2, 0) is 14.6 Å². The van der Waals surface area contributed by atoms with Gasteiger partial charge in [0, 0.05) is 5.54 Å². The summed E-state index contributed by atoms with van der Waals surface area (Å²) in [6.07, 6.45) is 46.8. The van der Waals surface area contributed by atoms with Crippen LogP contribution in [-0.4, -0.2) is 25.6 Å². The fraction of sp³-hybridized carbons (Fsp3) is 1.00. The molecule has 0 rings (SSSR count). The van der Waals surface area contributed by atoms with Crippen molar-refractivity contribution < 1.29 is 17.2 Å². The second-order valence-corrected chi connectivity index (χ2v) is 14.9. The van der Waals surface area contributed by atoms with E-state index in [0.29, 0.717) is 0 Å². The van der Waals surface area contributed by atoms with Crippen molar-refractivity contribution in [2.24, 2.45) is 5.73 Å². The standard InChI is InChI=1S/C37H77N.CH4O4S/c1-4-7-9-11-13-15-17-19-21-23-25-27-29-31-33-36-37(38,34-6-3)35-32-30-28-26-24-22-20-18-16-14-12-10-8-5-2;1-5-6(2,3)4/h4-36,38H2,1-3H3;1H3,(H,2,3,4). The van der Waals surface area contributed by atoms with Crippen LogP contribution in [0.15, 0.2) is 0 Å². The molecule has 0 saturated heterocycles. The van der Waals surface area contributed by atoms with Gasteiger partial charge < -0.3 is 5.73 Å². The molecule has 0 aromatic carbocycles. The maximum Gasteiger partial charge on any atom is 0.397 e. The van der Waals surface area contributed by atoms with Crippen molar-refractivity contribution >= 4 is 10.4 Å². The molecule has 1 atom stereocenters. The largest absolute Gasteiger partial charge is 0.397 e. The number of rotatable bonds is 34. The van der Waals surface area contributed by atoms with Gasteiger partial charge in [-0.3, -0.25) is 8.74 Å². The smallest absolute Gasteiger partial charge is 0.325 e. The fourth-order valence-corrected chi connectivity index (χ4v) is 6.39. The molecule has 0 fully saturated rings. The topological polar surface area (TPSA) is 89.6 Å². The monoisotopic (exact) mass is 648 g/mol. The van der Waals surface area contributed by atoms with E-state index in [9.17, 15) is 8.42 Å². The zero-order valence-electron chi connectivity index (χ0n) is 30.5. The minimum absolute atomic E-state index is 0.127. The van der Waals surface area contributed by atoms with E-state index in [4.69, 9.17) is 10.3 Å². The van der Waals surface area contributed by atoms with Crippen molar-refractivity contribution in [2.75, 3.05) is 7.11 Å². The molecule has 0 aromatic rings. The SMILES string of the molecule is CCCCCCCCCCCCCCCCCC(N)(CCC)CCCCCCCCCCCCCCCC.COS(=O)(=O)O. The molecule has 268 valence electrons. The van der Waals surface area contributed by atoms with E-state index in [1.807, 2.05) is 0 Å². The molecule has 0 bridgehead atoms. The molecule has 6 heteroatoms. The Labute approximate surface area is 278 Å². The van der Waals surface area contributed by atoms with E-state index < -0.39 is 10.4 Å². The van der Waals surface area contributed by atoms with Gasteiger partial charge in [0.25, 0.3) is 0 Å². The van der Waals surface area contributed by atoms with Crippen LogP contribution in [0.5, 0.6) is 0 Å². The molecular weight excluding hydrogens is 566 g/mol. The summed E-state index contributed by atoms with van der Waals surface area (Å²) in [5.41, 5.74) is 7.04. The number of unbranched alkanes of at least 4 members (excludes halogenated alkanes) is 27. The van der Waals surface area contributed by atoms with Gasteiger partial charge >= 0.3 is 10.4 Å². The predicted octanol–water partition coefficient (Wildman–Crippen LogP) is 13.1. The highest BCUT2D eigenvalue weighted by molar-refractivity contribution is 7.80. The molecule has 0 aliphatic rings. The highest BCUT2D eigenvalue weighted by Crippen LogP contribution is 2.26. The molecule has 3 N–H and O–H groups in total. The third-order valence-corrected chi connectivity index (χ3v) is 9.69. The first-order valence-corrected chi connectivity index (χ1v) is 20.9. The lowest BCUT2D eigenvalue weighted by Gasteiger charge is -2.29. The van der Waals surface area contributed by atoms with Gasteiger partial charge in [-0.25, -0.2) is 0 Å². The van der Waals surface area contributed by atoms with Gasteiger partial charge in [-0.15, -0.1) is 0 Å². The van der Waals surface area contributed by atoms with Crippen LogP contribution in [0.1, 0.15) is 233 Å². The van der Waals surface area contributed by atoms with Crippen molar-refractivity contribution in [2.45, 2.75) is 238 Å². The Hall–Kier alpha value is -0.170. The van der Waals surface area contributed by atoms with E-state index in [2.05, 4.69) is 25.0 Å². The second kappa shape index (κ2) is 35.7. The normalized spacial score (nSPS) is 13.0. The zero-order valence-corrected chi connectivity index (χ0v) is 31.3. The van der Waals surface area contributed by atoms with Crippen LogP contribution >= 0.6 is 0 Å². The molecule has 1 unspecified atom stereocenters. The number of hydrogen-bond acceptors (Lipinski definition) is 4. The van der Waals surface area contributed by atoms with E-state index >= 15 is 0 Å². The molecule has 5 nitrogen and oxygen atoms in total. The third kappa shape index (κ3) is 39.9. The molecule has 0 radical (unpaired) electrons. The first-order chi connectivity index (χ1) is 21.2. The number of hydrogen-bond donors (Lipinski definition) is 2. The van der Waals surface area contributed by atoms with Gasteiger partial charge in [0.05, 0.1) is 7.11 Å². The summed E-state index contributed by atoms with van der Waals surface area (Å²) >= 11 is 0. The van der Waals surface area contributed by atoms with Crippen molar-refractivity contribution in [1.82, 2.24) is 0 Å². The molecule has 0 aliphatic heterocycles. The van der Waals surface area contributed by atoms with Crippen LogP contribution in [0.4, 0.5) is 0 Å². The summed E-state index contributed by atoms with van der Waals surface area (Å²) in [6.45, 7) is 6.93. The van der Waals surface area contributed by atoms with Crippen molar-refractivity contribution in [3.05, 3.63) is 0 Å². The summed E-state index contributed by atoms with van der Waals surface area (Å²) in [6, 6.07) is 0. The van der Waals surface area contributed by atoms with Crippen molar-refractivity contribution in [3.63, 3.8) is 0 Å². The van der Waals surface area contributed by atoms with E-state index in [0.717, 1.165) is 7.11 Å². The van der Waals surface area contributed by atoms with Gasteiger partial charge in [0.1, 0.15) is 0 Å². The molecule has 0 saturated carbocycles. The minimum atomic E-state index is -4.16. The quantitative estimate of drug-likeness (QED) is 0.0536. The maximum atomic E-state index is 9.33. The highest BCUT2D eigenvalue weighted by atomic mass is 32.3. The molecule has 0 aliphatic carbocycles. The zero-order chi connectivity index (χ0) is 33.0. The van der Waals surface area contributed by atoms with Gasteiger partial charge in [0.15, 0.2) is 0 Å². The summed E-state index contributed by atoms with van der Waals surface area (Å²) in [4.78, 5) is 0. The predicted molar refractivity (Wildman–Crippen MR) is 195 cm³/mol. The lowest BCUT2D eigenvalue weighted by Crippen LogP contribution is -2.39. The Morgan fingerprint density at radius 3 is 0.818 bits per heavy atom. The molecule has 0 amide bonds. The Morgan fingerprint density at radius 2 is 0.636 bits per heavy atom. The average molecular weight is 648 g/mol. The summed E-state index contributed by atoms with van der Waals surface area (Å²) in [5.74, 6) is 0. The fourth-order valence-electron chi connectivity index (χ4n) is 6.39. The summed E-state index contributed by atoms with van der Waals surface area (Å²) in [5, 5.41) is 0. The molecule has 0 aromatic heterocycles. The Bertz CT molecular complexity index is 643. The maximum absolute atomic E-state index is 9.33. The van der Waals surface area contributed by atoms with Crippen LogP contribution in [0.3, 0.4) is 0 Å². The van der Waals surface area contributed by atoms with Crippen molar-refractivity contribution in [3.8, 4) is 0 Å². The van der Waals surface area contributed by atoms with Gasteiger partial charge in [-0.1, -0.05) is 213 Å². The van der Waals surface area contributed by atoms with Crippen LogP contribution in [0.25, 0.3) is 0 Å². The lowest BCUT2D eigenvalue weighted by atomic mass is 9.83. The molecule has 44 heavy (non-hydrogen) atoms. The third-order valence-electron chi connectivity index (χ3n) is 9.26. The average Bonchev–Trinajstić information content (AvgIpc) is 2.99. The minimum Gasteiger partial charge on any atom is -0.325 e. The summed E-state index contributed by atoms with van der Waals surface area (Å²) < 4.78 is 29.7. The Kier molecular flexibility index (Phi) is 37.3. The van der Waals surface area contributed by atoms with E-state index in [-0.39, 0.29) is 5.54 Å². The Morgan fingerprint density at radius 1 is 0.432 bits per heavy atom. The van der Waals surface area contributed by atoms with Crippen LogP contribution in [0.2, 0.25) is 0 Å². The highest BCUT2D eigenvalue weighted by Gasteiger charge is 2.22. The van der Waals surface area contributed by atoms with Gasteiger partial charge in [-0.05, 0) is 19.3 Å². The first-order valence-electron chi connectivity index (χ1n) is 19.6. The van der Waals surface area contributed by atoms with E-state index in [1.165, 1.54) is 212 Å². The van der Waals surface area contributed by atoms with Gasteiger partial charge in [0.2, 0.25) is 0 Å². The van der Waals surface area contributed by atoms with Gasteiger partial charge in [-0.2, -0.15) is 8.42 Å². The number of nitrogens with two attached hydrogens (primary N) is 1.